The van der Waals surface area contributed by atoms with E-state index in [0.29, 0.717) is 6.54 Å². The number of carbonyl (C=O) groups excluding carboxylic acids is 2. The average Bonchev–Trinajstić information content (AvgIpc) is 2.64. The quantitative estimate of drug-likeness (QED) is 0.221. The first-order valence-electron chi connectivity index (χ1n) is 8.33. The Kier molecular flexibility index (Phi) is 10.6. The van der Waals surface area contributed by atoms with Gasteiger partial charge in [-0.25, -0.2) is 3.93 Å². The molecule has 0 bridgehead atoms. The number of benzene rings is 1. The highest BCUT2D eigenvalue weighted by atomic mass is 79.9. The van der Waals surface area contributed by atoms with Gasteiger partial charge in [0, 0.05) is 34.9 Å². The van der Waals surface area contributed by atoms with Crippen LogP contribution in [-0.4, -0.2) is 62.3 Å². The molecule has 0 aliphatic rings. The van der Waals surface area contributed by atoms with Crippen molar-refractivity contribution in [2.75, 3.05) is 12.3 Å². The van der Waals surface area contributed by atoms with Crippen LogP contribution < -0.4 is 10.6 Å². The van der Waals surface area contributed by atoms with E-state index >= 15 is 0 Å². The summed E-state index contributed by atoms with van der Waals surface area (Å²) in [6, 6.07) is 7.27. The highest BCUT2D eigenvalue weighted by Crippen LogP contribution is 2.17. The van der Waals surface area contributed by atoms with Crippen molar-refractivity contribution in [1.82, 2.24) is 14.6 Å². The van der Waals surface area contributed by atoms with E-state index in [1.54, 1.807) is 0 Å². The summed E-state index contributed by atoms with van der Waals surface area (Å²) in [7, 11) is 0. The lowest BCUT2D eigenvalue weighted by Gasteiger charge is -2.23. The first-order chi connectivity index (χ1) is 13.2. The molecule has 0 aliphatic heterocycles. The highest BCUT2D eigenvalue weighted by Gasteiger charge is 2.26. The number of halogens is 1. The molecule has 0 aromatic heterocycles. The lowest BCUT2D eigenvalue weighted by molar-refractivity contribution is -0.141. The molecule has 0 fully saturated rings. The third-order valence-electron chi connectivity index (χ3n) is 3.69. The van der Waals surface area contributed by atoms with Crippen LogP contribution in [-0.2, 0) is 25.7 Å². The Balaban J connectivity index is 2.57. The zero-order valence-corrected chi connectivity index (χ0v) is 17.4. The van der Waals surface area contributed by atoms with Crippen molar-refractivity contribution in [2.24, 2.45) is 0 Å². The molecule has 154 valence electrons. The van der Waals surface area contributed by atoms with Gasteiger partial charge in [-0.2, -0.15) is 12.6 Å². The molecule has 1 aromatic carbocycles. The van der Waals surface area contributed by atoms with E-state index in [9.17, 15) is 24.3 Å². The van der Waals surface area contributed by atoms with Crippen LogP contribution in [0.5, 0.6) is 0 Å². The number of carbonyl (C=O) groups is 4. The zero-order chi connectivity index (χ0) is 21.1. The summed E-state index contributed by atoms with van der Waals surface area (Å²) in [6.07, 6.45) is -0.125. The minimum atomic E-state index is -1.21. The largest absolute Gasteiger partial charge is 0.480 e. The van der Waals surface area contributed by atoms with Crippen LogP contribution in [0.25, 0.3) is 0 Å². The molecule has 0 radical (unpaired) electrons. The third kappa shape index (κ3) is 8.72. The fraction of sp³-hybridized carbons (Fsp3) is 0.412. The van der Waals surface area contributed by atoms with Crippen LogP contribution in [0.2, 0.25) is 0 Å². The molecule has 0 spiro atoms. The number of rotatable bonds is 12. The van der Waals surface area contributed by atoms with Gasteiger partial charge in [-0.3, -0.25) is 19.2 Å². The van der Waals surface area contributed by atoms with E-state index in [-0.39, 0.29) is 18.6 Å². The number of hydrogen-bond acceptors (Lipinski definition) is 6. The van der Waals surface area contributed by atoms with Crippen molar-refractivity contribution in [3.05, 3.63) is 35.9 Å². The number of amides is 2. The molecular formula is C17H22BrN3O6S. The van der Waals surface area contributed by atoms with Crippen LogP contribution in [0.1, 0.15) is 18.4 Å². The second-order valence-corrected chi connectivity index (χ2v) is 7.13. The Morgan fingerprint density at radius 2 is 1.79 bits per heavy atom. The van der Waals surface area contributed by atoms with Gasteiger partial charge in [-0.05, 0) is 12.0 Å². The van der Waals surface area contributed by atoms with Crippen molar-refractivity contribution in [3.63, 3.8) is 0 Å². The monoisotopic (exact) mass is 475 g/mol. The normalized spacial score (nSPS) is 12.8. The molecule has 2 atom stereocenters. The third-order valence-corrected chi connectivity index (χ3v) is 4.80. The minimum absolute atomic E-state index is 0.00921. The maximum absolute atomic E-state index is 12.1. The maximum atomic E-state index is 12.1. The van der Waals surface area contributed by atoms with Gasteiger partial charge in [0.05, 0.1) is 0 Å². The molecule has 1 rings (SSSR count). The number of hydrogen-bond donors (Lipinski definition) is 5. The number of carboxylic acids is 2. The number of carboxylic acid groups (broad SMARTS) is 2. The van der Waals surface area contributed by atoms with Crippen LogP contribution in [0.3, 0.4) is 0 Å². The van der Waals surface area contributed by atoms with Gasteiger partial charge in [0.15, 0.2) is 0 Å². The van der Waals surface area contributed by atoms with E-state index in [1.807, 2.05) is 30.3 Å². The van der Waals surface area contributed by atoms with Crippen LogP contribution in [0, 0.1) is 0 Å². The number of nitrogens with zero attached hydrogens (tertiary/aromatic N) is 1. The standard InChI is InChI=1S/C17H22BrN3O6S/c18-21(9-11-4-2-1-3-5-11)13(17(26)27)6-7-14(22)20-12(10-28)16(25)19-8-15(23)24/h1-5,12-13,28H,6-10H2,(H,19,25)(H,20,22)(H,23,24)(H,26,27). The predicted octanol–water partition coefficient (Wildman–Crippen LogP) is 0.647. The first kappa shape index (κ1) is 23.9. The van der Waals surface area contributed by atoms with Crippen molar-refractivity contribution in [1.29, 1.82) is 0 Å². The smallest absolute Gasteiger partial charge is 0.322 e. The fourth-order valence-corrected chi connectivity index (χ4v) is 3.19. The number of thiol groups is 1. The molecule has 2 unspecified atom stereocenters. The van der Waals surface area contributed by atoms with Crippen molar-refractivity contribution in [2.45, 2.75) is 31.5 Å². The molecule has 0 aliphatic carbocycles. The van der Waals surface area contributed by atoms with E-state index in [1.165, 1.54) is 3.93 Å². The summed E-state index contributed by atoms with van der Waals surface area (Å²) in [6.45, 7) is -0.242. The lowest BCUT2D eigenvalue weighted by atomic mass is 10.1. The average molecular weight is 476 g/mol. The van der Waals surface area contributed by atoms with Gasteiger partial charge in [0.2, 0.25) is 11.8 Å². The number of nitrogens with one attached hydrogen (secondary N) is 2. The molecule has 1 aromatic rings. The fourth-order valence-electron chi connectivity index (χ4n) is 2.27. The molecule has 2 amide bonds. The van der Waals surface area contributed by atoms with E-state index in [0.717, 1.165) is 5.56 Å². The molecule has 28 heavy (non-hydrogen) atoms. The van der Waals surface area contributed by atoms with Crippen molar-refractivity contribution < 1.29 is 29.4 Å². The molecule has 0 heterocycles. The van der Waals surface area contributed by atoms with Gasteiger partial charge in [-0.1, -0.05) is 30.3 Å². The predicted molar refractivity (Wildman–Crippen MR) is 108 cm³/mol. The van der Waals surface area contributed by atoms with E-state index in [4.69, 9.17) is 5.11 Å². The summed E-state index contributed by atoms with van der Waals surface area (Å²) in [5, 5.41) is 22.6. The van der Waals surface area contributed by atoms with Gasteiger partial charge in [-0.15, -0.1) is 0 Å². The SMILES string of the molecule is O=C(O)CNC(=O)C(CS)NC(=O)CCC(C(=O)O)N(Br)Cc1ccccc1. The second kappa shape index (κ2) is 12.4. The maximum Gasteiger partial charge on any atom is 0.322 e. The van der Waals surface area contributed by atoms with E-state index in [2.05, 4.69) is 39.4 Å². The summed E-state index contributed by atoms with van der Waals surface area (Å²) >= 11 is 7.21. The summed E-state index contributed by atoms with van der Waals surface area (Å²) < 4.78 is 1.45. The van der Waals surface area contributed by atoms with Crippen LogP contribution in [0.15, 0.2) is 30.3 Å². The van der Waals surface area contributed by atoms with Crippen molar-refractivity contribution in [3.8, 4) is 0 Å². The lowest BCUT2D eigenvalue weighted by Crippen LogP contribution is -2.49. The molecule has 11 heteroatoms. The Morgan fingerprint density at radius 3 is 2.32 bits per heavy atom. The second-order valence-electron chi connectivity index (χ2n) is 5.85. The molecule has 4 N–H and O–H groups in total. The molecule has 0 saturated carbocycles. The molecule has 9 nitrogen and oxygen atoms in total. The minimum Gasteiger partial charge on any atom is -0.480 e. The van der Waals surface area contributed by atoms with E-state index < -0.39 is 42.4 Å². The van der Waals surface area contributed by atoms with Gasteiger partial charge in [0.25, 0.3) is 0 Å². The topological polar surface area (TPSA) is 136 Å². The van der Waals surface area contributed by atoms with Gasteiger partial charge < -0.3 is 20.8 Å². The first-order valence-corrected chi connectivity index (χ1v) is 9.67. The summed E-state index contributed by atoms with van der Waals surface area (Å²) in [5.41, 5.74) is 0.903. The zero-order valence-electron chi connectivity index (χ0n) is 14.9. The number of aliphatic carboxylic acids is 2. The highest BCUT2D eigenvalue weighted by molar-refractivity contribution is 9.07. The van der Waals surface area contributed by atoms with Crippen molar-refractivity contribution >= 4 is 52.5 Å². The Hall–Kier alpha value is -2.11. The summed E-state index contributed by atoms with van der Waals surface area (Å²) in [4.78, 5) is 45.9. The molecule has 0 saturated heterocycles. The Bertz CT molecular complexity index is 691. The Labute approximate surface area is 176 Å². The van der Waals surface area contributed by atoms with Gasteiger partial charge >= 0.3 is 11.9 Å². The Morgan fingerprint density at radius 1 is 1.14 bits per heavy atom. The summed E-state index contributed by atoms with van der Waals surface area (Å²) in [5.74, 6) is -3.54. The van der Waals surface area contributed by atoms with Gasteiger partial charge in [0.1, 0.15) is 18.6 Å². The van der Waals surface area contributed by atoms with Crippen LogP contribution >= 0.6 is 28.8 Å². The molecular weight excluding hydrogens is 454 g/mol. The van der Waals surface area contributed by atoms with Crippen LogP contribution in [0.4, 0.5) is 0 Å².